The van der Waals surface area contributed by atoms with Gasteiger partial charge in [0.25, 0.3) is 0 Å². The lowest BCUT2D eigenvalue weighted by molar-refractivity contribution is 0.514. The molecule has 1 unspecified atom stereocenters. The summed E-state index contributed by atoms with van der Waals surface area (Å²) in [6.45, 7) is 8.52. The van der Waals surface area contributed by atoms with Crippen molar-refractivity contribution in [1.82, 2.24) is 0 Å². The number of halogens is 4. The van der Waals surface area contributed by atoms with Crippen LogP contribution in [-0.2, 0) is 0 Å². The third kappa shape index (κ3) is 5.14. The minimum Gasteiger partial charge on any atom is -0.281 e. The summed E-state index contributed by atoms with van der Waals surface area (Å²) in [6.07, 6.45) is 0. The number of hydrogen-bond donors (Lipinski definition) is 0. The van der Waals surface area contributed by atoms with Gasteiger partial charge in [-0.1, -0.05) is 86.2 Å². The molecule has 0 heterocycles. The van der Waals surface area contributed by atoms with Gasteiger partial charge in [-0.2, -0.15) is 0 Å². The van der Waals surface area contributed by atoms with Gasteiger partial charge >= 0.3 is 0 Å². The Morgan fingerprint density at radius 1 is 0.760 bits per heavy atom. The van der Waals surface area contributed by atoms with Crippen molar-refractivity contribution < 1.29 is 0 Å². The Morgan fingerprint density at radius 2 is 1.32 bits per heavy atom. The molecule has 1 atom stereocenters. The molecule has 0 N–H and O–H groups in total. The van der Waals surface area contributed by atoms with Crippen molar-refractivity contribution in [2.45, 2.75) is 33.7 Å². The molecule has 2 aromatic rings. The highest BCUT2D eigenvalue weighted by Gasteiger charge is 2.19. The molecule has 0 aromatic heterocycles. The molecule has 5 heteroatoms. The Bertz CT molecular complexity index is 781. The first-order valence-electron chi connectivity index (χ1n) is 8.18. The van der Waals surface area contributed by atoms with Crippen molar-refractivity contribution in [3.05, 3.63) is 67.6 Å². The minimum absolute atomic E-state index is 0.0263. The average molecular weight is 417 g/mol. The number of hydrogen-bond acceptors (Lipinski definition) is 1. The highest BCUT2D eigenvalue weighted by atomic mass is 35.5. The fourth-order valence-corrected chi connectivity index (χ4v) is 3.27. The Balaban J connectivity index is 2.53. The van der Waals surface area contributed by atoms with Crippen LogP contribution in [0, 0.1) is 11.8 Å². The van der Waals surface area contributed by atoms with Gasteiger partial charge in [0.2, 0.25) is 0 Å². The third-order valence-electron chi connectivity index (χ3n) is 3.96. The zero-order valence-electron chi connectivity index (χ0n) is 14.7. The quantitative estimate of drug-likeness (QED) is 0.436. The predicted molar refractivity (Wildman–Crippen MR) is 112 cm³/mol. The molecule has 0 spiro atoms. The van der Waals surface area contributed by atoms with E-state index in [0.29, 0.717) is 26.0 Å². The Morgan fingerprint density at radius 3 is 1.80 bits per heavy atom. The standard InChI is InChI=1S/C20H21Cl4N/c1-11(2)19(13-5-7-15(21)17(23)9-13)25-20(12(3)4)14-6-8-16(22)18(24)10-14/h5-12,19H,1-4H3. The van der Waals surface area contributed by atoms with Gasteiger partial charge in [0.05, 0.1) is 26.1 Å². The van der Waals surface area contributed by atoms with E-state index in [1.165, 1.54) is 0 Å². The van der Waals surface area contributed by atoms with E-state index in [9.17, 15) is 0 Å². The monoisotopic (exact) mass is 415 g/mol. The summed E-state index contributed by atoms with van der Waals surface area (Å²) in [5.41, 5.74) is 3.01. The van der Waals surface area contributed by atoms with Crippen molar-refractivity contribution in [2.75, 3.05) is 0 Å². The smallest absolute Gasteiger partial charge is 0.0776 e. The molecule has 0 aliphatic heterocycles. The van der Waals surface area contributed by atoms with E-state index in [2.05, 4.69) is 27.7 Å². The molecule has 25 heavy (non-hydrogen) atoms. The van der Waals surface area contributed by atoms with Crippen molar-refractivity contribution in [3.8, 4) is 0 Å². The lowest BCUT2D eigenvalue weighted by Crippen LogP contribution is -2.14. The Kier molecular flexibility index (Phi) is 7.22. The third-order valence-corrected chi connectivity index (χ3v) is 5.44. The lowest BCUT2D eigenvalue weighted by Gasteiger charge is -2.21. The van der Waals surface area contributed by atoms with Crippen molar-refractivity contribution in [2.24, 2.45) is 16.8 Å². The van der Waals surface area contributed by atoms with Crippen LogP contribution in [0.4, 0.5) is 0 Å². The molecule has 0 aliphatic rings. The largest absolute Gasteiger partial charge is 0.281 e. The van der Waals surface area contributed by atoms with Gasteiger partial charge in [-0.15, -0.1) is 0 Å². The van der Waals surface area contributed by atoms with E-state index in [1.807, 2.05) is 30.3 Å². The molecule has 0 radical (unpaired) electrons. The molecule has 2 rings (SSSR count). The maximum absolute atomic E-state index is 6.20. The molecule has 0 saturated heterocycles. The van der Waals surface area contributed by atoms with E-state index in [1.54, 1.807) is 6.07 Å². The number of aliphatic imine (C=N–C) groups is 1. The summed E-state index contributed by atoms with van der Waals surface area (Å²) in [7, 11) is 0. The van der Waals surface area contributed by atoms with Gasteiger partial charge < -0.3 is 0 Å². The van der Waals surface area contributed by atoms with Crippen LogP contribution >= 0.6 is 46.4 Å². The van der Waals surface area contributed by atoms with Crippen molar-refractivity contribution in [3.63, 3.8) is 0 Å². The summed E-state index contributed by atoms with van der Waals surface area (Å²) in [4.78, 5) is 5.07. The first kappa shape index (κ1) is 20.6. The summed E-state index contributed by atoms with van der Waals surface area (Å²) >= 11 is 24.5. The van der Waals surface area contributed by atoms with Crippen LogP contribution < -0.4 is 0 Å². The highest BCUT2D eigenvalue weighted by Crippen LogP contribution is 2.33. The molecule has 0 amide bonds. The molecule has 0 bridgehead atoms. The normalized spacial score (nSPS) is 13.6. The van der Waals surface area contributed by atoms with Gasteiger partial charge in [-0.05, 0) is 47.2 Å². The van der Waals surface area contributed by atoms with Crippen molar-refractivity contribution in [1.29, 1.82) is 0 Å². The highest BCUT2D eigenvalue weighted by molar-refractivity contribution is 6.42. The molecular formula is C20H21Cl4N. The van der Waals surface area contributed by atoms with E-state index < -0.39 is 0 Å². The second kappa shape index (κ2) is 8.77. The summed E-state index contributed by atoms with van der Waals surface area (Å²) in [5, 5.41) is 2.16. The second-order valence-electron chi connectivity index (χ2n) is 6.66. The van der Waals surface area contributed by atoms with E-state index in [4.69, 9.17) is 51.4 Å². The zero-order valence-corrected chi connectivity index (χ0v) is 17.7. The SMILES string of the molecule is CC(C)C(=NC(c1ccc(Cl)c(Cl)c1)C(C)C)c1ccc(Cl)c(Cl)c1. The minimum atomic E-state index is -0.0263. The number of rotatable bonds is 5. The Hall–Kier alpha value is -0.730. The summed E-state index contributed by atoms with van der Waals surface area (Å²) in [6, 6.07) is 11.3. The average Bonchev–Trinajstić information content (AvgIpc) is 2.53. The first-order valence-corrected chi connectivity index (χ1v) is 9.70. The van der Waals surface area contributed by atoms with Gasteiger partial charge in [-0.3, -0.25) is 4.99 Å². The fraction of sp³-hybridized carbons (Fsp3) is 0.350. The summed E-state index contributed by atoms with van der Waals surface area (Å²) in [5.74, 6) is 0.537. The van der Waals surface area contributed by atoms with Gasteiger partial charge in [0.15, 0.2) is 0 Å². The van der Waals surface area contributed by atoms with Crippen LogP contribution in [0.3, 0.4) is 0 Å². The van der Waals surface area contributed by atoms with Gasteiger partial charge in [-0.25, -0.2) is 0 Å². The predicted octanol–water partition coefficient (Wildman–Crippen LogP) is 8.14. The van der Waals surface area contributed by atoms with Crippen molar-refractivity contribution >= 4 is 52.1 Å². The molecule has 0 saturated carbocycles. The van der Waals surface area contributed by atoms with E-state index >= 15 is 0 Å². The lowest BCUT2D eigenvalue weighted by atomic mass is 9.94. The maximum atomic E-state index is 6.20. The van der Waals surface area contributed by atoms with Crippen LogP contribution in [0.15, 0.2) is 41.4 Å². The summed E-state index contributed by atoms with van der Waals surface area (Å²) < 4.78 is 0. The van der Waals surface area contributed by atoms with Crippen LogP contribution in [0.2, 0.25) is 20.1 Å². The zero-order chi connectivity index (χ0) is 18.7. The maximum Gasteiger partial charge on any atom is 0.0776 e. The number of benzene rings is 2. The van der Waals surface area contributed by atoms with Crippen LogP contribution in [-0.4, -0.2) is 5.71 Å². The molecule has 0 fully saturated rings. The van der Waals surface area contributed by atoms with E-state index in [0.717, 1.165) is 16.8 Å². The Labute approximate surface area is 170 Å². The second-order valence-corrected chi connectivity index (χ2v) is 8.29. The van der Waals surface area contributed by atoms with E-state index in [-0.39, 0.29) is 12.0 Å². The van der Waals surface area contributed by atoms with Gasteiger partial charge in [0, 0.05) is 5.71 Å². The van der Waals surface area contributed by atoms with Gasteiger partial charge in [0.1, 0.15) is 0 Å². The number of nitrogens with zero attached hydrogens (tertiary/aromatic N) is 1. The van der Waals surface area contributed by atoms with Crippen LogP contribution in [0.5, 0.6) is 0 Å². The van der Waals surface area contributed by atoms with Crippen LogP contribution in [0.25, 0.3) is 0 Å². The molecule has 134 valence electrons. The molecule has 2 aromatic carbocycles. The fourth-order valence-electron chi connectivity index (χ4n) is 2.67. The molecule has 1 nitrogen and oxygen atoms in total. The molecular weight excluding hydrogens is 396 g/mol. The van der Waals surface area contributed by atoms with Crippen LogP contribution in [0.1, 0.15) is 44.9 Å². The molecule has 0 aliphatic carbocycles. The topological polar surface area (TPSA) is 12.4 Å². The first-order chi connectivity index (χ1) is 11.7.